The van der Waals surface area contributed by atoms with Crippen LogP contribution in [0.1, 0.15) is 28.8 Å². The van der Waals surface area contributed by atoms with Crippen LogP contribution in [0.2, 0.25) is 0 Å². The molecule has 0 saturated heterocycles. The number of nitrogens with one attached hydrogen (secondary N) is 1. The summed E-state index contributed by atoms with van der Waals surface area (Å²) >= 11 is 0. The highest BCUT2D eigenvalue weighted by Gasteiger charge is 2.16. The van der Waals surface area contributed by atoms with Crippen LogP contribution in [0.25, 0.3) is 0 Å². The number of fused-ring (bicyclic) bond motifs is 1. The molecular formula is C18H16N2O5. The monoisotopic (exact) mass is 340 g/mol. The molecule has 128 valence electrons. The van der Waals surface area contributed by atoms with Gasteiger partial charge in [-0.25, -0.2) is 5.43 Å². The van der Waals surface area contributed by atoms with Gasteiger partial charge in [-0.3, -0.25) is 9.59 Å². The smallest absolute Gasteiger partial charge is 0.303 e. The van der Waals surface area contributed by atoms with Crippen molar-refractivity contribution in [2.24, 2.45) is 5.10 Å². The second-order valence-electron chi connectivity index (χ2n) is 5.33. The van der Waals surface area contributed by atoms with Crippen LogP contribution in [0.5, 0.6) is 11.5 Å². The molecule has 3 rings (SSSR count). The highest BCUT2D eigenvalue weighted by Crippen LogP contribution is 2.32. The normalized spacial score (nSPS) is 12.7. The molecule has 0 aromatic heterocycles. The Morgan fingerprint density at radius 2 is 1.76 bits per heavy atom. The quantitative estimate of drug-likeness (QED) is 0.622. The number of hydrogen-bond acceptors (Lipinski definition) is 5. The zero-order valence-electron chi connectivity index (χ0n) is 13.3. The lowest BCUT2D eigenvalue weighted by Gasteiger charge is -2.07. The molecule has 1 heterocycles. The van der Waals surface area contributed by atoms with E-state index < -0.39 is 11.9 Å². The fourth-order valence-electron chi connectivity index (χ4n) is 2.34. The number of carbonyl (C=O) groups is 2. The van der Waals surface area contributed by atoms with Crippen molar-refractivity contribution in [1.82, 2.24) is 5.43 Å². The zero-order valence-corrected chi connectivity index (χ0v) is 13.3. The Balaban J connectivity index is 1.75. The summed E-state index contributed by atoms with van der Waals surface area (Å²) < 4.78 is 10.5. The van der Waals surface area contributed by atoms with Gasteiger partial charge in [-0.05, 0) is 23.8 Å². The van der Waals surface area contributed by atoms with Gasteiger partial charge in [0.1, 0.15) is 0 Å². The van der Waals surface area contributed by atoms with E-state index in [1.165, 1.54) is 0 Å². The van der Waals surface area contributed by atoms with Crippen LogP contribution in [0.4, 0.5) is 0 Å². The largest absolute Gasteiger partial charge is 0.481 e. The van der Waals surface area contributed by atoms with E-state index in [4.69, 9.17) is 14.6 Å². The molecule has 0 atom stereocenters. The van der Waals surface area contributed by atoms with Gasteiger partial charge in [0, 0.05) is 12.0 Å². The second-order valence-corrected chi connectivity index (χ2v) is 5.33. The van der Waals surface area contributed by atoms with Gasteiger partial charge in [0.15, 0.2) is 11.5 Å². The molecule has 0 aliphatic carbocycles. The number of carboxylic acids is 1. The molecule has 2 N–H and O–H groups in total. The number of hydrogen-bond donors (Lipinski definition) is 2. The Morgan fingerprint density at radius 3 is 2.52 bits per heavy atom. The molecule has 7 nitrogen and oxygen atoms in total. The summed E-state index contributed by atoms with van der Waals surface area (Å²) in [5.74, 6) is -0.245. The van der Waals surface area contributed by atoms with Crippen LogP contribution in [0.15, 0.2) is 53.6 Å². The molecular weight excluding hydrogens is 324 g/mol. The molecule has 1 amide bonds. The van der Waals surface area contributed by atoms with Gasteiger partial charge in [-0.1, -0.05) is 30.3 Å². The number of aliphatic carboxylic acids is 1. The van der Waals surface area contributed by atoms with Crippen molar-refractivity contribution in [3.8, 4) is 11.5 Å². The minimum absolute atomic E-state index is 0.0758. The summed E-state index contributed by atoms with van der Waals surface area (Å²) in [6, 6.07) is 14.0. The van der Waals surface area contributed by atoms with Gasteiger partial charge < -0.3 is 14.6 Å². The van der Waals surface area contributed by atoms with Crippen molar-refractivity contribution in [3.05, 3.63) is 59.7 Å². The van der Waals surface area contributed by atoms with E-state index in [-0.39, 0.29) is 19.6 Å². The van der Waals surface area contributed by atoms with Crippen molar-refractivity contribution >= 4 is 17.6 Å². The van der Waals surface area contributed by atoms with Crippen LogP contribution in [-0.4, -0.2) is 29.5 Å². The SMILES string of the molecule is O=C(O)CCC(=NNC(=O)c1ccc2c(c1)OCO2)c1ccccc1. The number of rotatable bonds is 6. The Labute approximate surface area is 143 Å². The number of carboxylic acid groups (broad SMARTS) is 1. The second kappa shape index (κ2) is 7.48. The number of hydrazone groups is 1. The minimum atomic E-state index is -0.925. The summed E-state index contributed by atoms with van der Waals surface area (Å²) in [4.78, 5) is 23.1. The van der Waals surface area contributed by atoms with E-state index >= 15 is 0 Å². The van der Waals surface area contributed by atoms with Crippen molar-refractivity contribution < 1.29 is 24.2 Å². The fraction of sp³-hybridized carbons (Fsp3) is 0.167. The Kier molecular flexibility index (Phi) is 4.94. The van der Waals surface area contributed by atoms with E-state index in [1.807, 2.05) is 30.3 Å². The molecule has 1 aliphatic rings. The van der Waals surface area contributed by atoms with Crippen molar-refractivity contribution in [3.63, 3.8) is 0 Å². The van der Waals surface area contributed by atoms with Crippen LogP contribution in [-0.2, 0) is 4.79 Å². The summed E-state index contributed by atoms with van der Waals surface area (Å²) in [5, 5.41) is 13.0. The van der Waals surface area contributed by atoms with Crippen LogP contribution in [0.3, 0.4) is 0 Å². The minimum Gasteiger partial charge on any atom is -0.481 e. The van der Waals surface area contributed by atoms with Gasteiger partial charge in [-0.15, -0.1) is 0 Å². The average molecular weight is 340 g/mol. The summed E-state index contributed by atoms with van der Waals surface area (Å²) in [6.07, 6.45) is 0.133. The highest BCUT2D eigenvalue weighted by atomic mass is 16.7. The standard InChI is InChI=1S/C18H16N2O5/c21-17(22)9-7-14(12-4-2-1-3-5-12)19-20-18(23)13-6-8-15-16(10-13)25-11-24-15/h1-6,8,10H,7,9,11H2,(H,20,23)(H,21,22). The third-order valence-corrected chi connectivity index (χ3v) is 3.61. The number of ether oxygens (including phenoxy) is 2. The lowest BCUT2D eigenvalue weighted by molar-refractivity contribution is -0.136. The first-order valence-electron chi connectivity index (χ1n) is 7.67. The summed E-state index contributed by atoms with van der Waals surface area (Å²) in [7, 11) is 0. The van der Waals surface area contributed by atoms with Gasteiger partial charge in [-0.2, -0.15) is 5.10 Å². The first-order chi connectivity index (χ1) is 12.1. The maximum Gasteiger partial charge on any atom is 0.303 e. The van der Waals surface area contributed by atoms with Crippen molar-refractivity contribution in [2.75, 3.05) is 6.79 Å². The number of benzene rings is 2. The zero-order chi connectivity index (χ0) is 17.6. The van der Waals surface area contributed by atoms with Crippen LogP contribution >= 0.6 is 0 Å². The van der Waals surface area contributed by atoms with Crippen LogP contribution < -0.4 is 14.9 Å². The topological polar surface area (TPSA) is 97.2 Å². The van der Waals surface area contributed by atoms with E-state index in [2.05, 4.69) is 10.5 Å². The molecule has 7 heteroatoms. The van der Waals surface area contributed by atoms with Crippen molar-refractivity contribution in [1.29, 1.82) is 0 Å². The molecule has 2 aromatic carbocycles. The maximum atomic E-state index is 12.3. The average Bonchev–Trinajstić information content (AvgIpc) is 3.09. The first kappa shape index (κ1) is 16.5. The molecule has 1 aliphatic heterocycles. The molecule has 2 aromatic rings. The third kappa shape index (κ3) is 4.14. The Bertz CT molecular complexity index is 817. The van der Waals surface area contributed by atoms with Gasteiger partial charge in [0.05, 0.1) is 12.1 Å². The van der Waals surface area contributed by atoms with E-state index in [0.29, 0.717) is 22.8 Å². The predicted molar refractivity (Wildman–Crippen MR) is 89.9 cm³/mol. The predicted octanol–water partition coefficient (Wildman–Crippen LogP) is 2.41. The Hall–Kier alpha value is -3.35. The lowest BCUT2D eigenvalue weighted by atomic mass is 10.1. The first-order valence-corrected chi connectivity index (χ1v) is 7.67. The molecule has 0 saturated carbocycles. The summed E-state index contributed by atoms with van der Waals surface area (Å²) in [6.45, 7) is 0.131. The molecule has 0 fully saturated rings. The number of amides is 1. The van der Waals surface area contributed by atoms with Crippen LogP contribution in [0, 0.1) is 0 Å². The summed E-state index contributed by atoms with van der Waals surface area (Å²) in [5.41, 5.74) is 4.10. The lowest BCUT2D eigenvalue weighted by Crippen LogP contribution is -2.20. The molecule has 0 unspecified atom stereocenters. The fourth-order valence-corrected chi connectivity index (χ4v) is 2.34. The highest BCUT2D eigenvalue weighted by molar-refractivity contribution is 6.03. The van der Waals surface area contributed by atoms with E-state index in [9.17, 15) is 9.59 Å². The van der Waals surface area contributed by atoms with E-state index in [0.717, 1.165) is 5.56 Å². The van der Waals surface area contributed by atoms with E-state index in [1.54, 1.807) is 18.2 Å². The molecule has 0 bridgehead atoms. The van der Waals surface area contributed by atoms with Gasteiger partial charge in [0.25, 0.3) is 5.91 Å². The Morgan fingerprint density at radius 1 is 1.00 bits per heavy atom. The number of carbonyl (C=O) groups excluding carboxylic acids is 1. The number of nitrogens with zero attached hydrogens (tertiary/aromatic N) is 1. The van der Waals surface area contributed by atoms with Gasteiger partial charge >= 0.3 is 5.97 Å². The molecule has 0 spiro atoms. The van der Waals surface area contributed by atoms with Crippen molar-refractivity contribution in [2.45, 2.75) is 12.8 Å². The third-order valence-electron chi connectivity index (χ3n) is 3.61. The maximum absolute atomic E-state index is 12.3. The molecule has 25 heavy (non-hydrogen) atoms. The molecule has 0 radical (unpaired) electrons. The van der Waals surface area contributed by atoms with Gasteiger partial charge in [0.2, 0.25) is 6.79 Å².